The van der Waals surface area contributed by atoms with E-state index in [-0.39, 0.29) is 5.69 Å². The molecule has 0 saturated carbocycles. The van der Waals surface area contributed by atoms with Crippen molar-refractivity contribution in [1.29, 1.82) is 0 Å². The predicted molar refractivity (Wildman–Crippen MR) is 51.6 cm³/mol. The van der Waals surface area contributed by atoms with Crippen molar-refractivity contribution in [2.45, 2.75) is 13.8 Å². The van der Waals surface area contributed by atoms with Crippen molar-refractivity contribution in [3.8, 4) is 0 Å². The van der Waals surface area contributed by atoms with E-state index >= 15 is 0 Å². The summed E-state index contributed by atoms with van der Waals surface area (Å²) in [6.45, 7) is 3.57. The molecule has 0 unspecified atom stereocenters. The molecule has 0 aliphatic rings. The minimum Gasteiger partial charge on any atom is -0.477 e. The highest BCUT2D eigenvalue weighted by Crippen LogP contribution is 2.14. The zero-order valence-corrected chi connectivity index (χ0v) is 7.98. The van der Waals surface area contributed by atoms with Crippen LogP contribution in [0.5, 0.6) is 0 Å². The third kappa shape index (κ3) is 1.08. The highest BCUT2D eigenvalue weighted by molar-refractivity contribution is 5.88. The first-order valence-electron chi connectivity index (χ1n) is 4.29. The van der Waals surface area contributed by atoms with E-state index in [9.17, 15) is 4.79 Å². The first-order valence-corrected chi connectivity index (χ1v) is 4.29. The first-order chi connectivity index (χ1) is 6.61. The van der Waals surface area contributed by atoms with E-state index in [0.29, 0.717) is 11.3 Å². The Kier molecular flexibility index (Phi) is 1.77. The number of carboxylic acid groups (broad SMARTS) is 1. The molecule has 0 atom stereocenters. The van der Waals surface area contributed by atoms with Crippen LogP contribution in [0.25, 0.3) is 5.65 Å². The Labute approximate surface area is 80.8 Å². The van der Waals surface area contributed by atoms with Gasteiger partial charge in [-0.05, 0) is 26.0 Å². The summed E-state index contributed by atoms with van der Waals surface area (Å²) in [6, 6.07) is 5.52. The second-order valence-electron chi connectivity index (χ2n) is 3.21. The molecule has 2 rings (SSSR count). The lowest BCUT2D eigenvalue weighted by Crippen LogP contribution is -2.05. The smallest absolute Gasteiger partial charge is 0.354 e. The molecular weight excluding hydrogens is 180 g/mol. The molecule has 4 nitrogen and oxygen atoms in total. The van der Waals surface area contributed by atoms with Crippen LogP contribution in [0.4, 0.5) is 0 Å². The lowest BCUT2D eigenvalue weighted by atomic mass is 10.3. The molecule has 2 aromatic rings. The largest absolute Gasteiger partial charge is 0.477 e. The van der Waals surface area contributed by atoms with E-state index in [4.69, 9.17) is 5.11 Å². The lowest BCUT2D eigenvalue weighted by Gasteiger charge is -2.01. The molecule has 2 heterocycles. The van der Waals surface area contributed by atoms with Crippen molar-refractivity contribution < 1.29 is 9.90 Å². The molecule has 0 aliphatic carbocycles. The molecule has 4 heteroatoms. The van der Waals surface area contributed by atoms with Crippen LogP contribution in [-0.2, 0) is 0 Å². The second-order valence-corrected chi connectivity index (χ2v) is 3.21. The van der Waals surface area contributed by atoms with E-state index in [1.165, 1.54) is 0 Å². The Morgan fingerprint density at radius 3 is 2.79 bits per heavy atom. The summed E-state index contributed by atoms with van der Waals surface area (Å²) >= 11 is 0. The van der Waals surface area contributed by atoms with Crippen molar-refractivity contribution in [2.75, 3.05) is 0 Å². The number of aryl methyl sites for hydroxylation is 2. The summed E-state index contributed by atoms with van der Waals surface area (Å²) in [7, 11) is 0. The third-order valence-corrected chi connectivity index (χ3v) is 2.22. The van der Waals surface area contributed by atoms with Crippen LogP contribution >= 0.6 is 0 Å². The maximum atomic E-state index is 11.0. The van der Waals surface area contributed by atoms with E-state index in [2.05, 4.69) is 4.98 Å². The number of aromatic nitrogens is 2. The number of rotatable bonds is 1. The van der Waals surface area contributed by atoms with Gasteiger partial charge < -0.3 is 5.11 Å². The van der Waals surface area contributed by atoms with Crippen LogP contribution < -0.4 is 0 Å². The van der Waals surface area contributed by atoms with Gasteiger partial charge in [0.15, 0.2) is 5.69 Å². The average Bonchev–Trinajstić information content (AvgIpc) is 2.42. The number of hydrogen-bond acceptors (Lipinski definition) is 2. The molecule has 2 aromatic heterocycles. The highest BCUT2D eigenvalue weighted by atomic mass is 16.4. The minimum atomic E-state index is -0.940. The van der Waals surface area contributed by atoms with Gasteiger partial charge in [0.25, 0.3) is 0 Å². The monoisotopic (exact) mass is 190 g/mol. The van der Waals surface area contributed by atoms with Crippen molar-refractivity contribution in [1.82, 2.24) is 9.38 Å². The van der Waals surface area contributed by atoms with Crippen LogP contribution in [0.3, 0.4) is 0 Å². The molecule has 72 valence electrons. The van der Waals surface area contributed by atoms with E-state index in [0.717, 1.165) is 5.69 Å². The zero-order chi connectivity index (χ0) is 10.3. The van der Waals surface area contributed by atoms with E-state index < -0.39 is 5.97 Å². The van der Waals surface area contributed by atoms with Gasteiger partial charge in [0.05, 0.1) is 5.69 Å². The molecule has 0 fully saturated rings. The fourth-order valence-corrected chi connectivity index (χ4v) is 1.62. The number of pyridine rings is 1. The molecule has 0 spiro atoms. The van der Waals surface area contributed by atoms with Crippen LogP contribution in [0, 0.1) is 13.8 Å². The summed E-state index contributed by atoms with van der Waals surface area (Å²) in [5, 5.41) is 9.02. The van der Waals surface area contributed by atoms with E-state index in [1.807, 2.05) is 19.1 Å². The number of hydrogen-bond donors (Lipinski definition) is 1. The van der Waals surface area contributed by atoms with Gasteiger partial charge in [-0.15, -0.1) is 0 Å². The Morgan fingerprint density at radius 1 is 1.43 bits per heavy atom. The number of carboxylic acids is 1. The Balaban J connectivity index is 2.93. The maximum absolute atomic E-state index is 11.0. The lowest BCUT2D eigenvalue weighted by molar-refractivity contribution is 0.0688. The van der Waals surface area contributed by atoms with Crippen LogP contribution in [0.1, 0.15) is 21.9 Å². The van der Waals surface area contributed by atoms with E-state index in [1.54, 1.807) is 17.4 Å². The summed E-state index contributed by atoms with van der Waals surface area (Å²) in [4.78, 5) is 15.2. The van der Waals surface area contributed by atoms with Crippen molar-refractivity contribution in [3.63, 3.8) is 0 Å². The maximum Gasteiger partial charge on any atom is 0.354 e. The predicted octanol–water partition coefficient (Wildman–Crippen LogP) is 1.65. The summed E-state index contributed by atoms with van der Waals surface area (Å²) in [5.41, 5.74) is 2.35. The molecule has 0 amide bonds. The highest BCUT2D eigenvalue weighted by Gasteiger charge is 2.15. The minimum absolute atomic E-state index is 0.248. The van der Waals surface area contributed by atoms with Gasteiger partial charge in [0, 0.05) is 5.69 Å². The SMILES string of the molecule is Cc1nc2cccc(C)n2c1C(=O)O. The molecule has 0 aromatic carbocycles. The van der Waals surface area contributed by atoms with Gasteiger partial charge in [-0.1, -0.05) is 6.07 Å². The van der Waals surface area contributed by atoms with Gasteiger partial charge in [-0.2, -0.15) is 0 Å². The van der Waals surface area contributed by atoms with Gasteiger partial charge in [0.1, 0.15) is 5.65 Å². The van der Waals surface area contributed by atoms with Crippen LogP contribution in [0.2, 0.25) is 0 Å². The fourth-order valence-electron chi connectivity index (χ4n) is 1.62. The van der Waals surface area contributed by atoms with Crippen LogP contribution in [-0.4, -0.2) is 20.5 Å². The standard InChI is InChI=1S/C10H10N2O2/c1-6-4-3-5-8-11-7(2)9(10(13)14)12(6)8/h3-5H,1-2H3,(H,13,14). The summed E-state index contributed by atoms with van der Waals surface area (Å²) in [5.74, 6) is -0.940. The fraction of sp³-hybridized carbons (Fsp3) is 0.200. The molecule has 0 radical (unpaired) electrons. The zero-order valence-electron chi connectivity index (χ0n) is 7.98. The first kappa shape index (κ1) is 8.74. The van der Waals surface area contributed by atoms with Gasteiger partial charge in [-0.3, -0.25) is 4.40 Å². The molecule has 14 heavy (non-hydrogen) atoms. The Morgan fingerprint density at radius 2 is 2.14 bits per heavy atom. The van der Waals surface area contributed by atoms with Crippen molar-refractivity contribution >= 4 is 11.6 Å². The topological polar surface area (TPSA) is 54.6 Å². The summed E-state index contributed by atoms with van der Waals surface area (Å²) in [6.07, 6.45) is 0. The summed E-state index contributed by atoms with van der Waals surface area (Å²) < 4.78 is 1.65. The normalized spacial score (nSPS) is 10.7. The van der Waals surface area contributed by atoms with Gasteiger partial charge >= 0.3 is 5.97 Å². The van der Waals surface area contributed by atoms with Crippen molar-refractivity contribution in [2.24, 2.45) is 0 Å². The average molecular weight is 190 g/mol. The Hall–Kier alpha value is -1.84. The molecule has 0 aliphatic heterocycles. The third-order valence-electron chi connectivity index (χ3n) is 2.22. The van der Waals surface area contributed by atoms with Crippen LogP contribution in [0.15, 0.2) is 18.2 Å². The molecule has 1 N–H and O–H groups in total. The van der Waals surface area contributed by atoms with Gasteiger partial charge in [0.2, 0.25) is 0 Å². The second kappa shape index (κ2) is 2.83. The van der Waals surface area contributed by atoms with Crippen molar-refractivity contribution in [3.05, 3.63) is 35.3 Å². The number of fused-ring (bicyclic) bond motifs is 1. The quantitative estimate of drug-likeness (QED) is 0.743. The van der Waals surface area contributed by atoms with Gasteiger partial charge in [-0.25, -0.2) is 9.78 Å². The molecule has 0 bridgehead atoms. The number of carbonyl (C=O) groups is 1. The molecule has 0 saturated heterocycles. The molecular formula is C10H10N2O2. The number of aromatic carboxylic acids is 1. The number of imidazole rings is 1. The number of nitrogens with zero attached hydrogens (tertiary/aromatic N) is 2. The Bertz CT molecular complexity index is 514.